The minimum atomic E-state index is 0.405. The van der Waals surface area contributed by atoms with Crippen molar-refractivity contribution in [3.63, 3.8) is 0 Å². The van der Waals surface area contributed by atoms with Gasteiger partial charge >= 0.3 is 0 Å². The van der Waals surface area contributed by atoms with Crippen LogP contribution in [0.15, 0.2) is 36.7 Å². The number of rotatable bonds is 1. The molecule has 0 aliphatic rings. The predicted octanol–water partition coefficient (Wildman–Crippen LogP) is 2.66. The van der Waals surface area contributed by atoms with Crippen molar-refractivity contribution in [3.8, 4) is 5.69 Å². The Balaban J connectivity index is 2.64. The lowest BCUT2D eigenvalue weighted by atomic mass is 10.3. The summed E-state index contributed by atoms with van der Waals surface area (Å²) < 4.78 is 2.73. The lowest BCUT2D eigenvalue weighted by Crippen LogP contribution is -2.00. The average Bonchev–Trinajstić information content (AvgIpc) is 2.19. The molecule has 0 unspecified atom stereocenters. The summed E-state index contributed by atoms with van der Waals surface area (Å²) >= 11 is 9.98. The van der Waals surface area contributed by atoms with Crippen LogP contribution in [0.5, 0.6) is 0 Å². The van der Waals surface area contributed by atoms with Crippen molar-refractivity contribution < 1.29 is 0 Å². The molecule has 2 aromatic rings. The minimum Gasteiger partial charge on any atom is -0.307 e. The summed E-state index contributed by atoms with van der Waals surface area (Å²) in [5, 5.41) is 0. The lowest BCUT2D eigenvalue weighted by molar-refractivity contribution is 0.881. The maximum absolute atomic E-state index is 5.12. The van der Waals surface area contributed by atoms with Gasteiger partial charge in [-0.25, -0.2) is 4.98 Å². The van der Waals surface area contributed by atoms with Crippen LogP contribution in [0.3, 0.4) is 0 Å². The molecule has 0 bridgehead atoms. The molecule has 1 N–H and O–H groups in total. The van der Waals surface area contributed by atoms with Crippen LogP contribution in [0, 0.1) is 9.54 Å². The SMILES string of the molecule is S=c1ncn(-c2ccccc2)c(=S)[nH]1. The molecule has 0 radical (unpaired) electrons. The van der Waals surface area contributed by atoms with Gasteiger partial charge in [-0.05, 0) is 36.6 Å². The molecular formula is C9H7N3S2. The maximum atomic E-state index is 5.12. The van der Waals surface area contributed by atoms with Gasteiger partial charge in [0.15, 0.2) is 9.54 Å². The van der Waals surface area contributed by atoms with Gasteiger partial charge < -0.3 is 4.98 Å². The average molecular weight is 221 g/mol. The second kappa shape index (κ2) is 3.81. The molecule has 0 saturated carbocycles. The number of hydrogen-bond acceptors (Lipinski definition) is 3. The molecule has 0 saturated heterocycles. The monoisotopic (exact) mass is 221 g/mol. The van der Waals surface area contributed by atoms with E-state index in [0.29, 0.717) is 9.54 Å². The van der Waals surface area contributed by atoms with Crippen LogP contribution in [0.1, 0.15) is 0 Å². The van der Waals surface area contributed by atoms with Crippen LogP contribution >= 0.6 is 24.4 Å². The Labute approximate surface area is 91.1 Å². The second-order valence-corrected chi connectivity index (χ2v) is 3.46. The first-order valence-electron chi connectivity index (χ1n) is 4.01. The maximum Gasteiger partial charge on any atom is 0.200 e. The number of aromatic amines is 1. The van der Waals surface area contributed by atoms with Gasteiger partial charge in [0, 0.05) is 5.69 Å². The van der Waals surface area contributed by atoms with Crippen LogP contribution in [0.2, 0.25) is 0 Å². The summed E-state index contributed by atoms with van der Waals surface area (Å²) in [6.45, 7) is 0. The third kappa shape index (κ3) is 1.78. The van der Waals surface area contributed by atoms with Crippen molar-refractivity contribution in [3.05, 3.63) is 46.2 Å². The van der Waals surface area contributed by atoms with E-state index in [-0.39, 0.29) is 0 Å². The zero-order chi connectivity index (χ0) is 9.97. The summed E-state index contributed by atoms with van der Waals surface area (Å²) in [6, 6.07) is 9.74. The summed E-state index contributed by atoms with van der Waals surface area (Å²) in [4.78, 5) is 6.79. The fourth-order valence-corrected chi connectivity index (χ4v) is 1.58. The van der Waals surface area contributed by atoms with Gasteiger partial charge in [-0.1, -0.05) is 18.2 Å². The summed E-state index contributed by atoms with van der Waals surface area (Å²) in [6.07, 6.45) is 1.62. The van der Waals surface area contributed by atoms with Gasteiger partial charge in [0.1, 0.15) is 6.33 Å². The largest absolute Gasteiger partial charge is 0.307 e. The smallest absolute Gasteiger partial charge is 0.200 e. The van der Waals surface area contributed by atoms with Crippen LogP contribution in [-0.4, -0.2) is 14.5 Å². The standard InChI is InChI=1S/C9H7N3S2/c13-8-10-6-12(9(14)11-8)7-4-2-1-3-5-7/h1-6H,(H,11,13,14). The van der Waals surface area contributed by atoms with Gasteiger partial charge in [-0.2, -0.15) is 0 Å². The minimum absolute atomic E-state index is 0.405. The predicted molar refractivity (Wildman–Crippen MR) is 59.6 cm³/mol. The molecule has 0 amide bonds. The summed E-state index contributed by atoms with van der Waals surface area (Å²) in [5.74, 6) is 0. The molecule has 0 spiro atoms. The highest BCUT2D eigenvalue weighted by molar-refractivity contribution is 7.71. The van der Waals surface area contributed by atoms with Crippen molar-refractivity contribution >= 4 is 24.4 Å². The van der Waals surface area contributed by atoms with Gasteiger partial charge in [-0.15, -0.1) is 0 Å². The molecule has 0 atom stereocenters. The van der Waals surface area contributed by atoms with E-state index in [1.165, 1.54) is 0 Å². The van der Waals surface area contributed by atoms with Crippen molar-refractivity contribution in [2.75, 3.05) is 0 Å². The molecule has 1 aromatic heterocycles. The Hall–Kier alpha value is -1.33. The lowest BCUT2D eigenvalue weighted by Gasteiger charge is -2.04. The number of nitrogens with zero attached hydrogens (tertiary/aromatic N) is 2. The number of hydrogen-bond donors (Lipinski definition) is 1. The van der Waals surface area contributed by atoms with Crippen LogP contribution < -0.4 is 0 Å². The highest BCUT2D eigenvalue weighted by Gasteiger charge is 1.94. The van der Waals surface area contributed by atoms with E-state index in [1.54, 1.807) is 10.9 Å². The molecule has 0 aliphatic heterocycles. The van der Waals surface area contributed by atoms with Gasteiger partial charge in [0.25, 0.3) is 0 Å². The Kier molecular flexibility index (Phi) is 2.51. The molecule has 3 nitrogen and oxygen atoms in total. The van der Waals surface area contributed by atoms with Gasteiger partial charge in [0.05, 0.1) is 0 Å². The van der Waals surface area contributed by atoms with E-state index in [9.17, 15) is 0 Å². The molecular weight excluding hydrogens is 214 g/mol. The van der Waals surface area contributed by atoms with E-state index in [2.05, 4.69) is 9.97 Å². The van der Waals surface area contributed by atoms with E-state index in [4.69, 9.17) is 24.4 Å². The van der Waals surface area contributed by atoms with Crippen LogP contribution in [0.4, 0.5) is 0 Å². The van der Waals surface area contributed by atoms with Crippen LogP contribution in [0.25, 0.3) is 5.69 Å². The fraction of sp³-hybridized carbons (Fsp3) is 0. The van der Waals surface area contributed by atoms with Crippen molar-refractivity contribution in [1.29, 1.82) is 0 Å². The third-order valence-electron chi connectivity index (χ3n) is 1.76. The number of para-hydroxylation sites is 1. The number of nitrogens with one attached hydrogen (secondary N) is 1. The molecule has 2 rings (SSSR count). The first kappa shape index (κ1) is 9.23. The number of aromatic nitrogens is 3. The molecule has 1 heterocycles. The molecule has 14 heavy (non-hydrogen) atoms. The summed E-state index contributed by atoms with van der Waals surface area (Å²) in [7, 11) is 0. The van der Waals surface area contributed by atoms with Crippen LogP contribution in [-0.2, 0) is 0 Å². The Morgan fingerprint density at radius 1 is 1.14 bits per heavy atom. The second-order valence-electron chi connectivity index (χ2n) is 2.69. The topological polar surface area (TPSA) is 33.6 Å². The van der Waals surface area contributed by atoms with E-state index in [0.717, 1.165) is 5.69 Å². The first-order chi connectivity index (χ1) is 6.77. The van der Waals surface area contributed by atoms with E-state index < -0.39 is 0 Å². The Bertz CT molecular complexity index is 542. The molecule has 70 valence electrons. The Morgan fingerprint density at radius 3 is 2.50 bits per heavy atom. The van der Waals surface area contributed by atoms with Crippen molar-refractivity contribution in [2.45, 2.75) is 0 Å². The molecule has 5 heteroatoms. The normalized spacial score (nSPS) is 10.0. The highest BCUT2D eigenvalue weighted by atomic mass is 32.1. The molecule has 0 aliphatic carbocycles. The number of H-pyrrole nitrogens is 1. The zero-order valence-electron chi connectivity index (χ0n) is 7.18. The van der Waals surface area contributed by atoms with Crippen molar-refractivity contribution in [1.82, 2.24) is 14.5 Å². The van der Waals surface area contributed by atoms with Gasteiger partial charge in [-0.3, -0.25) is 4.57 Å². The fourth-order valence-electron chi connectivity index (χ4n) is 1.12. The van der Waals surface area contributed by atoms with Gasteiger partial charge in [0.2, 0.25) is 0 Å². The number of benzene rings is 1. The highest BCUT2D eigenvalue weighted by Crippen LogP contribution is 2.05. The zero-order valence-corrected chi connectivity index (χ0v) is 8.81. The quantitative estimate of drug-likeness (QED) is 0.752. The molecule has 0 fully saturated rings. The van der Waals surface area contributed by atoms with E-state index in [1.807, 2.05) is 30.3 Å². The van der Waals surface area contributed by atoms with E-state index >= 15 is 0 Å². The third-order valence-corrected chi connectivity index (χ3v) is 2.26. The molecule has 1 aromatic carbocycles. The van der Waals surface area contributed by atoms with Crippen molar-refractivity contribution in [2.24, 2.45) is 0 Å². The first-order valence-corrected chi connectivity index (χ1v) is 4.82. The summed E-state index contributed by atoms with van der Waals surface area (Å²) in [5.41, 5.74) is 0.969. The Morgan fingerprint density at radius 2 is 1.86 bits per heavy atom.